The molecule has 0 spiro atoms. The Bertz CT molecular complexity index is 1040. The van der Waals surface area contributed by atoms with Crippen molar-refractivity contribution >= 4 is 28.6 Å². The van der Waals surface area contributed by atoms with Gasteiger partial charge in [0.25, 0.3) is 0 Å². The molecule has 146 valence electrons. The lowest BCUT2D eigenvalue weighted by atomic mass is 10.0. The summed E-state index contributed by atoms with van der Waals surface area (Å²) in [6.45, 7) is 2.58. The third-order valence-corrected chi connectivity index (χ3v) is 5.50. The van der Waals surface area contributed by atoms with Crippen LogP contribution in [0.5, 0.6) is 0 Å². The average Bonchev–Trinajstić information content (AvgIpc) is 3.00. The zero-order valence-corrected chi connectivity index (χ0v) is 16.4. The lowest BCUT2D eigenvalue weighted by Gasteiger charge is -2.40. The van der Waals surface area contributed by atoms with Crippen LogP contribution in [-0.4, -0.2) is 47.0 Å². The molecule has 1 aliphatic rings. The molecule has 0 bridgehead atoms. The number of halogens is 1. The van der Waals surface area contributed by atoms with Crippen molar-refractivity contribution < 1.29 is 9.21 Å². The SMILES string of the molecule is CN1CCN(C(=O)CCn2c(=O)oc3cc(Cl)ccc32)C(c2ccccc2)C1. The van der Waals surface area contributed by atoms with Gasteiger partial charge in [0.1, 0.15) is 0 Å². The number of benzene rings is 2. The summed E-state index contributed by atoms with van der Waals surface area (Å²) in [5, 5.41) is 0.507. The Morgan fingerprint density at radius 2 is 1.96 bits per heavy atom. The van der Waals surface area contributed by atoms with Gasteiger partial charge in [0, 0.05) is 43.7 Å². The van der Waals surface area contributed by atoms with E-state index < -0.39 is 5.76 Å². The number of hydrogen-bond donors (Lipinski definition) is 0. The summed E-state index contributed by atoms with van der Waals surface area (Å²) in [6.07, 6.45) is 0.240. The van der Waals surface area contributed by atoms with E-state index in [2.05, 4.69) is 24.1 Å². The van der Waals surface area contributed by atoms with Gasteiger partial charge < -0.3 is 14.2 Å². The summed E-state index contributed by atoms with van der Waals surface area (Å²) < 4.78 is 6.75. The fraction of sp³-hybridized carbons (Fsp3) is 0.333. The number of carbonyl (C=O) groups is 1. The maximum Gasteiger partial charge on any atom is 0.419 e. The molecule has 0 aliphatic carbocycles. The molecule has 1 unspecified atom stereocenters. The largest absolute Gasteiger partial charge is 0.419 e. The Kier molecular flexibility index (Phi) is 5.24. The van der Waals surface area contributed by atoms with Gasteiger partial charge in [-0.2, -0.15) is 0 Å². The number of aromatic nitrogens is 1. The maximum atomic E-state index is 13.0. The summed E-state index contributed by atoms with van der Waals surface area (Å²) in [7, 11) is 2.07. The minimum Gasteiger partial charge on any atom is -0.408 e. The fourth-order valence-corrected chi connectivity index (χ4v) is 3.94. The van der Waals surface area contributed by atoms with E-state index in [0.29, 0.717) is 22.7 Å². The van der Waals surface area contributed by atoms with Crippen molar-refractivity contribution in [3.63, 3.8) is 0 Å². The number of fused-ring (bicyclic) bond motifs is 1. The lowest BCUT2D eigenvalue weighted by Crippen LogP contribution is -2.49. The molecule has 3 aromatic rings. The molecule has 0 N–H and O–H groups in total. The standard InChI is InChI=1S/C21H22ClN3O3/c1-23-11-12-24(18(14-23)15-5-3-2-4-6-15)20(26)9-10-25-17-8-7-16(22)13-19(17)28-21(25)27/h2-8,13,18H,9-12,14H2,1H3. The normalized spacial score (nSPS) is 17.9. The second-order valence-electron chi connectivity index (χ2n) is 7.16. The van der Waals surface area contributed by atoms with Gasteiger partial charge in [-0.05, 0) is 24.7 Å². The molecule has 0 radical (unpaired) electrons. The monoisotopic (exact) mass is 399 g/mol. The first kappa shape index (κ1) is 18.8. The maximum absolute atomic E-state index is 13.0. The van der Waals surface area contributed by atoms with E-state index in [9.17, 15) is 9.59 Å². The van der Waals surface area contributed by atoms with Crippen LogP contribution in [0.15, 0.2) is 57.7 Å². The second kappa shape index (κ2) is 7.81. The van der Waals surface area contributed by atoms with Gasteiger partial charge in [0.2, 0.25) is 5.91 Å². The van der Waals surface area contributed by atoms with Gasteiger partial charge in [-0.1, -0.05) is 41.9 Å². The first-order valence-electron chi connectivity index (χ1n) is 9.35. The molecule has 1 aliphatic heterocycles. The Morgan fingerprint density at radius 3 is 2.75 bits per heavy atom. The number of carbonyl (C=O) groups excluding carboxylic acids is 1. The molecule has 6 nitrogen and oxygen atoms in total. The van der Waals surface area contributed by atoms with Crippen molar-refractivity contribution in [1.29, 1.82) is 0 Å². The predicted octanol–water partition coefficient (Wildman–Crippen LogP) is 3.15. The van der Waals surface area contributed by atoms with Crippen LogP contribution < -0.4 is 5.76 Å². The number of amides is 1. The van der Waals surface area contributed by atoms with E-state index >= 15 is 0 Å². The third kappa shape index (κ3) is 3.70. The number of hydrogen-bond acceptors (Lipinski definition) is 4. The molecule has 1 saturated heterocycles. The van der Waals surface area contributed by atoms with E-state index in [1.807, 2.05) is 23.1 Å². The number of nitrogens with zero attached hydrogens (tertiary/aromatic N) is 3. The van der Waals surface area contributed by atoms with Crippen LogP contribution in [0.2, 0.25) is 5.02 Å². The van der Waals surface area contributed by atoms with Crippen molar-refractivity contribution in [2.45, 2.75) is 19.0 Å². The van der Waals surface area contributed by atoms with Gasteiger partial charge in [-0.15, -0.1) is 0 Å². The van der Waals surface area contributed by atoms with Crippen molar-refractivity contribution in [2.24, 2.45) is 0 Å². The Morgan fingerprint density at radius 1 is 1.18 bits per heavy atom. The van der Waals surface area contributed by atoms with Crippen molar-refractivity contribution in [3.05, 3.63) is 69.7 Å². The van der Waals surface area contributed by atoms with E-state index in [0.717, 1.165) is 18.7 Å². The zero-order valence-electron chi connectivity index (χ0n) is 15.7. The van der Waals surface area contributed by atoms with Crippen LogP contribution in [0, 0.1) is 0 Å². The fourth-order valence-electron chi connectivity index (χ4n) is 3.78. The molecule has 1 fully saturated rings. The molecular weight excluding hydrogens is 378 g/mol. The predicted molar refractivity (Wildman–Crippen MR) is 108 cm³/mol. The van der Waals surface area contributed by atoms with E-state index in [-0.39, 0.29) is 24.9 Å². The first-order valence-corrected chi connectivity index (χ1v) is 9.72. The Hall–Kier alpha value is -2.57. The smallest absolute Gasteiger partial charge is 0.408 e. The summed E-state index contributed by atoms with van der Waals surface area (Å²) >= 11 is 5.96. The third-order valence-electron chi connectivity index (χ3n) is 5.27. The molecule has 2 aromatic carbocycles. The van der Waals surface area contributed by atoms with Crippen molar-refractivity contribution in [3.8, 4) is 0 Å². The van der Waals surface area contributed by atoms with Gasteiger partial charge in [-0.3, -0.25) is 9.36 Å². The molecule has 2 heterocycles. The number of likely N-dealkylation sites (N-methyl/N-ethyl adjacent to an activating group) is 1. The van der Waals surface area contributed by atoms with Crippen LogP contribution in [0.3, 0.4) is 0 Å². The first-order chi connectivity index (χ1) is 13.5. The highest BCUT2D eigenvalue weighted by Gasteiger charge is 2.30. The number of oxazole rings is 1. The molecule has 1 amide bonds. The quantitative estimate of drug-likeness (QED) is 0.676. The highest BCUT2D eigenvalue weighted by molar-refractivity contribution is 6.31. The lowest BCUT2D eigenvalue weighted by molar-refractivity contribution is -0.136. The van der Waals surface area contributed by atoms with Gasteiger partial charge in [-0.25, -0.2) is 4.79 Å². The molecular formula is C21H22ClN3O3. The Balaban J connectivity index is 1.53. The molecule has 1 atom stereocenters. The molecule has 7 heteroatoms. The van der Waals surface area contributed by atoms with E-state index in [1.165, 1.54) is 4.57 Å². The zero-order chi connectivity index (χ0) is 19.7. The number of piperazine rings is 1. The van der Waals surface area contributed by atoms with Gasteiger partial charge in [0.05, 0.1) is 11.6 Å². The Labute approximate surface area is 167 Å². The highest BCUT2D eigenvalue weighted by atomic mass is 35.5. The summed E-state index contributed by atoms with van der Waals surface area (Å²) in [6, 6.07) is 15.2. The van der Waals surface area contributed by atoms with Crippen LogP contribution in [-0.2, 0) is 11.3 Å². The molecule has 1 aromatic heterocycles. The van der Waals surface area contributed by atoms with Gasteiger partial charge >= 0.3 is 5.76 Å². The minimum absolute atomic E-state index is 0.0177. The molecule has 4 rings (SSSR count). The minimum atomic E-state index is -0.469. The van der Waals surface area contributed by atoms with E-state index in [4.69, 9.17) is 16.0 Å². The van der Waals surface area contributed by atoms with Crippen LogP contribution in [0.1, 0.15) is 18.0 Å². The summed E-state index contributed by atoms with van der Waals surface area (Å²) in [5.74, 6) is -0.430. The number of rotatable bonds is 4. The van der Waals surface area contributed by atoms with Gasteiger partial charge in [0.15, 0.2) is 5.58 Å². The van der Waals surface area contributed by atoms with Crippen LogP contribution >= 0.6 is 11.6 Å². The second-order valence-corrected chi connectivity index (χ2v) is 7.59. The average molecular weight is 400 g/mol. The van der Waals surface area contributed by atoms with E-state index in [1.54, 1.807) is 18.2 Å². The van der Waals surface area contributed by atoms with Crippen LogP contribution in [0.4, 0.5) is 0 Å². The van der Waals surface area contributed by atoms with Crippen molar-refractivity contribution in [2.75, 3.05) is 26.7 Å². The highest BCUT2D eigenvalue weighted by Crippen LogP contribution is 2.26. The van der Waals surface area contributed by atoms with Crippen LogP contribution in [0.25, 0.3) is 11.1 Å². The van der Waals surface area contributed by atoms with Crippen molar-refractivity contribution in [1.82, 2.24) is 14.4 Å². The summed E-state index contributed by atoms with van der Waals surface area (Å²) in [4.78, 5) is 29.4. The number of aryl methyl sites for hydroxylation is 1. The molecule has 28 heavy (non-hydrogen) atoms. The summed E-state index contributed by atoms with van der Waals surface area (Å²) in [5.41, 5.74) is 2.22. The molecule has 0 saturated carbocycles. The topological polar surface area (TPSA) is 58.7 Å².